The minimum atomic E-state index is -0.214. The number of benzene rings is 2. The third-order valence-corrected chi connectivity index (χ3v) is 4.63. The van der Waals surface area contributed by atoms with Crippen LogP contribution in [0.2, 0.25) is 0 Å². The minimum Gasteiger partial charge on any atom is -0.398 e. The number of hydrogen-bond acceptors (Lipinski definition) is 2. The predicted octanol–water partition coefficient (Wildman–Crippen LogP) is 4.19. The van der Waals surface area contributed by atoms with Crippen LogP contribution in [0.15, 0.2) is 41.3 Å². The number of aryl methyl sites for hydroxylation is 2. The molecule has 0 saturated carbocycles. The molecule has 2 aromatic rings. The maximum atomic E-state index is 13.7. The van der Waals surface area contributed by atoms with Gasteiger partial charge in [0.25, 0.3) is 0 Å². The fourth-order valence-corrected chi connectivity index (χ4v) is 3.53. The van der Waals surface area contributed by atoms with Gasteiger partial charge in [0.1, 0.15) is 5.82 Å². The first-order valence-corrected chi connectivity index (χ1v) is 7.50. The standard InChI is InChI=1S/C16H16FNS/c17-15-5-2-6-16(18)14(15)10-19-13-8-7-11-3-1-4-12(11)9-13/h2,5-9H,1,3-4,10,18H2. The summed E-state index contributed by atoms with van der Waals surface area (Å²) in [5.41, 5.74) is 9.88. The monoisotopic (exact) mass is 273 g/mol. The van der Waals surface area contributed by atoms with E-state index >= 15 is 0 Å². The van der Waals surface area contributed by atoms with E-state index in [1.54, 1.807) is 23.9 Å². The van der Waals surface area contributed by atoms with Crippen LogP contribution < -0.4 is 5.73 Å². The second-order valence-corrected chi connectivity index (χ2v) is 5.93. The van der Waals surface area contributed by atoms with Crippen molar-refractivity contribution < 1.29 is 4.39 Å². The molecule has 0 bridgehead atoms. The predicted molar refractivity (Wildman–Crippen MR) is 78.8 cm³/mol. The molecule has 0 saturated heterocycles. The Balaban J connectivity index is 1.76. The summed E-state index contributed by atoms with van der Waals surface area (Å²) in [7, 11) is 0. The average molecular weight is 273 g/mol. The van der Waals surface area contributed by atoms with Crippen molar-refractivity contribution in [3.05, 3.63) is 58.9 Å². The molecule has 0 heterocycles. The van der Waals surface area contributed by atoms with Gasteiger partial charge in [-0.25, -0.2) is 4.39 Å². The van der Waals surface area contributed by atoms with E-state index < -0.39 is 0 Å². The van der Waals surface area contributed by atoms with E-state index in [0.29, 0.717) is 17.0 Å². The molecule has 0 unspecified atom stereocenters. The largest absolute Gasteiger partial charge is 0.398 e. The Kier molecular flexibility index (Phi) is 3.47. The van der Waals surface area contributed by atoms with Gasteiger partial charge in [0.05, 0.1) is 0 Å². The van der Waals surface area contributed by atoms with E-state index in [4.69, 9.17) is 5.73 Å². The topological polar surface area (TPSA) is 26.0 Å². The molecule has 2 aromatic carbocycles. The molecule has 3 rings (SSSR count). The van der Waals surface area contributed by atoms with Crippen LogP contribution in [-0.4, -0.2) is 0 Å². The third-order valence-electron chi connectivity index (χ3n) is 3.61. The number of rotatable bonds is 3. The van der Waals surface area contributed by atoms with Gasteiger partial charge in [-0.3, -0.25) is 0 Å². The number of fused-ring (bicyclic) bond motifs is 1. The highest BCUT2D eigenvalue weighted by Gasteiger charge is 2.12. The van der Waals surface area contributed by atoms with Crippen molar-refractivity contribution in [1.29, 1.82) is 0 Å². The van der Waals surface area contributed by atoms with Crippen molar-refractivity contribution in [3.63, 3.8) is 0 Å². The lowest BCUT2D eigenvalue weighted by Gasteiger charge is -2.08. The lowest BCUT2D eigenvalue weighted by atomic mass is 10.1. The molecule has 1 aliphatic rings. The Labute approximate surface area is 117 Å². The first-order valence-electron chi connectivity index (χ1n) is 6.51. The number of thioether (sulfide) groups is 1. The zero-order valence-electron chi connectivity index (χ0n) is 10.7. The van der Waals surface area contributed by atoms with Crippen LogP contribution >= 0.6 is 11.8 Å². The second-order valence-electron chi connectivity index (χ2n) is 4.88. The van der Waals surface area contributed by atoms with Gasteiger partial charge in [0.2, 0.25) is 0 Å². The van der Waals surface area contributed by atoms with Crippen LogP contribution in [0.25, 0.3) is 0 Å². The van der Waals surface area contributed by atoms with E-state index in [0.717, 1.165) is 0 Å². The lowest BCUT2D eigenvalue weighted by Crippen LogP contribution is -1.96. The Morgan fingerprint density at radius 2 is 1.95 bits per heavy atom. The van der Waals surface area contributed by atoms with Gasteiger partial charge in [-0.05, 0) is 54.7 Å². The van der Waals surface area contributed by atoms with E-state index in [1.165, 1.54) is 41.4 Å². The summed E-state index contributed by atoms with van der Waals surface area (Å²) in [6, 6.07) is 11.4. The highest BCUT2D eigenvalue weighted by molar-refractivity contribution is 7.98. The lowest BCUT2D eigenvalue weighted by molar-refractivity contribution is 0.618. The number of nitrogen functional groups attached to an aromatic ring is 1. The Bertz CT molecular complexity index is 589. The van der Waals surface area contributed by atoms with E-state index in [1.807, 2.05) is 0 Å². The van der Waals surface area contributed by atoms with Gasteiger partial charge >= 0.3 is 0 Å². The number of halogens is 1. The Morgan fingerprint density at radius 1 is 1.11 bits per heavy atom. The first-order chi connectivity index (χ1) is 9.24. The van der Waals surface area contributed by atoms with E-state index in [-0.39, 0.29) is 5.82 Å². The molecule has 1 aliphatic carbocycles. The molecule has 0 atom stereocenters. The molecular formula is C16H16FNS. The molecule has 1 nitrogen and oxygen atoms in total. The second kappa shape index (κ2) is 5.25. The maximum absolute atomic E-state index is 13.7. The molecule has 98 valence electrons. The van der Waals surface area contributed by atoms with E-state index in [9.17, 15) is 4.39 Å². The highest BCUT2D eigenvalue weighted by Crippen LogP contribution is 2.31. The van der Waals surface area contributed by atoms with Gasteiger partial charge < -0.3 is 5.73 Å². The van der Waals surface area contributed by atoms with Crippen molar-refractivity contribution >= 4 is 17.4 Å². The van der Waals surface area contributed by atoms with Crippen LogP contribution in [0.1, 0.15) is 23.1 Å². The van der Waals surface area contributed by atoms with Gasteiger partial charge in [-0.1, -0.05) is 12.1 Å². The third kappa shape index (κ3) is 2.61. The van der Waals surface area contributed by atoms with Crippen LogP contribution in [0, 0.1) is 5.82 Å². The van der Waals surface area contributed by atoms with Crippen LogP contribution in [0.4, 0.5) is 10.1 Å². The maximum Gasteiger partial charge on any atom is 0.129 e. The van der Waals surface area contributed by atoms with Crippen LogP contribution in [0.3, 0.4) is 0 Å². The van der Waals surface area contributed by atoms with E-state index in [2.05, 4.69) is 18.2 Å². The summed E-state index contributed by atoms with van der Waals surface area (Å²) in [6.07, 6.45) is 3.62. The van der Waals surface area contributed by atoms with Crippen molar-refractivity contribution in [2.75, 3.05) is 5.73 Å². The molecule has 0 aromatic heterocycles. The summed E-state index contributed by atoms with van der Waals surface area (Å²) in [5.74, 6) is 0.366. The van der Waals surface area contributed by atoms with Gasteiger partial charge in [0, 0.05) is 21.9 Å². The van der Waals surface area contributed by atoms with Crippen molar-refractivity contribution in [3.8, 4) is 0 Å². The zero-order valence-corrected chi connectivity index (χ0v) is 11.5. The molecule has 3 heteroatoms. The summed E-state index contributed by atoms with van der Waals surface area (Å²) in [4.78, 5) is 1.20. The molecule has 0 fully saturated rings. The van der Waals surface area contributed by atoms with Gasteiger partial charge in [0.15, 0.2) is 0 Å². The molecule has 19 heavy (non-hydrogen) atoms. The summed E-state index contributed by atoms with van der Waals surface area (Å²) < 4.78 is 13.7. The smallest absolute Gasteiger partial charge is 0.129 e. The van der Waals surface area contributed by atoms with Gasteiger partial charge in [-0.2, -0.15) is 0 Å². The molecule has 0 spiro atoms. The fraction of sp³-hybridized carbons (Fsp3) is 0.250. The fourth-order valence-electron chi connectivity index (χ4n) is 2.52. The number of hydrogen-bond donors (Lipinski definition) is 1. The van der Waals surface area contributed by atoms with Crippen LogP contribution in [0.5, 0.6) is 0 Å². The van der Waals surface area contributed by atoms with Crippen molar-refractivity contribution in [1.82, 2.24) is 0 Å². The number of anilines is 1. The summed E-state index contributed by atoms with van der Waals surface area (Å²) in [6.45, 7) is 0. The SMILES string of the molecule is Nc1cccc(F)c1CSc1ccc2c(c1)CCC2. The van der Waals surface area contributed by atoms with Crippen LogP contribution in [-0.2, 0) is 18.6 Å². The number of nitrogens with two attached hydrogens (primary N) is 1. The quantitative estimate of drug-likeness (QED) is 0.670. The normalized spacial score (nSPS) is 13.5. The minimum absolute atomic E-state index is 0.214. The highest BCUT2D eigenvalue weighted by atomic mass is 32.2. The van der Waals surface area contributed by atoms with Gasteiger partial charge in [-0.15, -0.1) is 11.8 Å². The molecular weight excluding hydrogens is 257 g/mol. The first kappa shape index (κ1) is 12.5. The Hall–Kier alpha value is -1.48. The molecule has 0 amide bonds. The average Bonchev–Trinajstić information content (AvgIpc) is 2.85. The zero-order chi connectivity index (χ0) is 13.2. The molecule has 2 N–H and O–H groups in total. The molecule has 0 radical (unpaired) electrons. The van der Waals surface area contributed by atoms with Crippen molar-refractivity contribution in [2.45, 2.75) is 29.9 Å². The Morgan fingerprint density at radius 3 is 2.79 bits per heavy atom. The van der Waals surface area contributed by atoms with Crippen molar-refractivity contribution in [2.24, 2.45) is 0 Å². The molecule has 0 aliphatic heterocycles. The summed E-state index contributed by atoms with van der Waals surface area (Å²) in [5, 5.41) is 0. The summed E-state index contributed by atoms with van der Waals surface area (Å²) >= 11 is 1.65.